The van der Waals surface area contributed by atoms with Gasteiger partial charge in [-0.15, -0.1) is 11.3 Å². The Kier molecular flexibility index (Phi) is 11.2. The molecule has 8 nitrogen and oxygen atoms in total. The van der Waals surface area contributed by atoms with Crippen LogP contribution in [0.15, 0.2) is 47.8 Å². The average Bonchev–Trinajstić information content (AvgIpc) is 3.32. The van der Waals surface area contributed by atoms with Crippen LogP contribution in [0.4, 0.5) is 0 Å². The summed E-state index contributed by atoms with van der Waals surface area (Å²) in [5.74, 6) is -2.02. The zero-order chi connectivity index (χ0) is 23.3. The van der Waals surface area contributed by atoms with Crippen LogP contribution < -0.4 is 10.1 Å². The quantitative estimate of drug-likeness (QED) is 0.418. The second-order valence-electron chi connectivity index (χ2n) is 7.80. The Hall–Kier alpha value is -2.46. The first-order valence-electron chi connectivity index (χ1n) is 10.7. The second kappa shape index (κ2) is 13.8. The van der Waals surface area contributed by atoms with Crippen molar-refractivity contribution in [3.05, 3.63) is 52.7 Å². The number of aliphatic carboxylic acids is 2. The van der Waals surface area contributed by atoms with Crippen LogP contribution in [0, 0.1) is 5.92 Å². The molecule has 0 saturated carbocycles. The molecule has 1 saturated heterocycles. The zero-order valence-electron chi connectivity index (χ0n) is 18.2. The largest absolute Gasteiger partial charge is 0.491 e. The van der Waals surface area contributed by atoms with Crippen molar-refractivity contribution in [1.82, 2.24) is 10.2 Å². The summed E-state index contributed by atoms with van der Waals surface area (Å²) >= 11 is 1.82. The van der Waals surface area contributed by atoms with Crippen molar-refractivity contribution in [1.29, 1.82) is 0 Å². The number of carboxylic acids is 2. The van der Waals surface area contributed by atoms with E-state index in [1.807, 2.05) is 41.7 Å². The lowest BCUT2D eigenvalue weighted by Gasteiger charge is -2.36. The molecule has 2 atom stereocenters. The molecule has 1 aromatic carbocycles. The Morgan fingerprint density at radius 2 is 1.75 bits per heavy atom. The summed E-state index contributed by atoms with van der Waals surface area (Å²) in [5.41, 5.74) is 0. The first-order valence-corrected chi connectivity index (χ1v) is 11.5. The molecule has 2 unspecified atom stereocenters. The predicted octanol–water partition coefficient (Wildman–Crippen LogP) is 2.71. The fourth-order valence-electron chi connectivity index (χ4n) is 3.39. The molecule has 0 radical (unpaired) electrons. The molecule has 0 aliphatic carbocycles. The van der Waals surface area contributed by atoms with Gasteiger partial charge in [0.2, 0.25) is 0 Å². The average molecular weight is 465 g/mol. The van der Waals surface area contributed by atoms with Gasteiger partial charge in [0.05, 0.1) is 6.04 Å². The number of piperidine rings is 1. The number of hydrogen-bond donors (Lipinski definition) is 4. The summed E-state index contributed by atoms with van der Waals surface area (Å²) in [6, 6.07) is 14.4. The van der Waals surface area contributed by atoms with Gasteiger partial charge in [0.25, 0.3) is 0 Å². The number of carboxylic acid groups (broad SMARTS) is 2. The summed E-state index contributed by atoms with van der Waals surface area (Å²) in [7, 11) is 0. The van der Waals surface area contributed by atoms with E-state index in [0.29, 0.717) is 19.2 Å². The number of aliphatic hydroxyl groups excluding tert-OH is 1. The lowest BCUT2D eigenvalue weighted by Crippen LogP contribution is -2.42. The molecule has 0 bridgehead atoms. The molecule has 2 heterocycles. The summed E-state index contributed by atoms with van der Waals surface area (Å²) in [6.07, 6.45) is 2.03. The Morgan fingerprint density at radius 1 is 1.09 bits per heavy atom. The van der Waals surface area contributed by atoms with Crippen LogP contribution >= 0.6 is 11.3 Å². The molecule has 9 heteroatoms. The minimum Gasteiger partial charge on any atom is -0.491 e. The maximum Gasteiger partial charge on any atom is 0.414 e. The second-order valence-corrected chi connectivity index (χ2v) is 8.78. The van der Waals surface area contributed by atoms with Gasteiger partial charge in [0.15, 0.2) is 0 Å². The molecule has 0 spiro atoms. The van der Waals surface area contributed by atoms with Gasteiger partial charge in [0.1, 0.15) is 18.5 Å². The van der Waals surface area contributed by atoms with Crippen molar-refractivity contribution in [3.8, 4) is 5.75 Å². The van der Waals surface area contributed by atoms with Crippen LogP contribution in [0.3, 0.4) is 0 Å². The van der Waals surface area contributed by atoms with Crippen molar-refractivity contribution < 1.29 is 29.6 Å². The van der Waals surface area contributed by atoms with Crippen LogP contribution in [-0.2, 0) is 9.59 Å². The number of rotatable bonds is 9. The maximum absolute atomic E-state index is 10.2. The van der Waals surface area contributed by atoms with E-state index < -0.39 is 18.0 Å². The van der Waals surface area contributed by atoms with Crippen molar-refractivity contribution in [3.63, 3.8) is 0 Å². The molecule has 32 heavy (non-hydrogen) atoms. The molecule has 4 N–H and O–H groups in total. The number of ether oxygens (including phenoxy) is 1. The van der Waals surface area contributed by atoms with E-state index in [-0.39, 0.29) is 0 Å². The highest BCUT2D eigenvalue weighted by Gasteiger charge is 2.25. The number of benzene rings is 1. The summed E-state index contributed by atoms with van der Waals surface area (Å²) < 4.78 is 5.63. The third-order valence-corrected chi connectivity index (χ3v) is 6.19. The van der Waals surface area contributed by atoms with Gasteiger partial charge in [-0.3, -0.25) is 4.90 Å². The van der Waals surface area contributed by atoms with Gasteiger partial charge in [-0.25, -0.2) is 9.59 Å². The molecule has 2 aromatic rings. The lowest BCUT2D eigenvalue weighted by molar-refractivity contribution is -0.159. The van der Waals surface area contributed by atoms with E-state index >= 15 is 0 Å². The lowest BCUT2D eigenvalue weighted by atomic mass is 9.97. The zero-order valence-corrected chi connectivity index (χ0v) is 19.0. The molecule has 1 fully saturated rings. The molecule has 1 aliphatic heterocycles. The van der Waals surface area contributed by atoms with Crippen LogP contribution in [0.5, 0.6) is 5.75 Å². The van der Waals surface area contributed by atoms with E-state index in [4.69, 9.17) is 24.5 Å². The fraction of sp³-hybridized carbons (Fsp3) is 0.478. The normalized spacial score (nSPS) is 16.4. The minimum absolute atomic E-state index is 0.307. The third-order valence-electron chi connectivity index (χ3n) is 5.22. The Labute approximate surface area is 192 Å². The predicted molar refractivity (Wildman–Crippen MR) is 123 cm³/mol. The highest BCUT2D eigenvalue weighted by molar-refractivity contribution is 7.10. The van der Waals surface area contributed by atoms with Crippen LogP contribution in [0.2, 0.25) is 0 Å². The smallest absolute Gasteiger partial charge is 0.414 e. The number of aliphatic hydroxyl groups is 1. The molecule has 3 rings (SSSR count). The maximum atomic E-state index is 10.2. The van der Waals surface area contributed by atoms with Gasteiger partial charge in [-0.2, -0.15) is 0 Å². The first kappa shape index (κ1) is 25.8. The number of carbonyl (C=O) groups is 2. The van der Waals surface area contributed by atoms with Crippen molar-refractivity contribution >= 4 is 23.3 Å². The van der Waals surface area contributed by atoms with Gasteiger partial charge < -0.3 is 25.4 Å². The number of hydrogen-bond acceptors (Lipinski definition) is 7. The van der Waals surface area contributed by atoms with Gasteiger partial charge in [0, 0.05) is 18.0 Å². The molecule has 0 amide bonds. The first-order chi connectivity index (χ1) is 15.4. The molecule has 1 aliphatic rings. The Bertz CT molecular complexity index is 782. The summed E-state index contributed by atoms with van der Waals surface area (Å²) in [6.45, 7) is 6.37. The summed E-state index contributed by atoms with van der Waals surface area (Å²) in [5, 5.41) is 30.6. The number of thiophene rings is 1. The molecular weight excluding hydrogens is 432 g/mol. The molecule has 1 aromatic heterocycles. The highest BCUT2D eigenvalue weighted by Crippen LogP contribution is 2.29. The van der Waals surface area contributed by atoms with Gasteiger partial charge in [-0.05, 0) is 55.4 Å². The number of para-hydroxylation sites is 1. The van der Waals surface area contributed by atoms with Crippen LogP contribution in [0.25, 0.3) is 0 Å². The Balaban J connectivity index is 0.000000534. The van der Waals surface area contributed by atoms with E-state index in [1.54, 1.807) is 0 Å². The number of nitrogens with zero attached hydrogens (tertiary/aromatic N) is 1. The van der Waals surface area contributed by atoms with E-state index in [2.05, 4.69) is 34.7 Å². The highest BCUT2D eigenvalue weighted by atomic mass is 32.1. The molecule has 176 valence electrons. The third kappa shape index (κ3) is 9.35. The topological polar surface area (TPSA) is 119 Å². The van der Waals surface area contributed by atoms with E-state index in [9.17, 15) is 5.11 Å². The molecular formula is C23H32N2O6S. The minimum atomic E-state index is -1.82. The fourth-order valence-corrected chi connectivity index (χ4v) is 4.25. The standard InChI is InChI=1S/C21H30N2O2S.C2H2O4/c1-17-9-11-23(12-10-17)20(21-8-5-13-26-21)15-22-14-18(24)16-25-19-6-3-2-4-7-19;3-1(4)2(5)6/h2-8,13,17-18,20,22,24H,9-12,14-16H2,1H3;(H,3,4)(H,5,6). The monoisotopic (exact) mass is 464 g/mol. The van der Waals surface area contributed by atoms with Gasteiger partial charge in [-0.1, -0.05) is 31.2 Å². The van der Waals surface area contributed by atoms with Crippen LogP contribution in [0.1, 0.15) is 30.7 Å². The Morgan fingerprint density at radius 3 is 2.31 bits per heavy atom. The summed E-state index contributed by atoms with van der Waals surface area (Å²) in [4.78, 5) is 22.2. The van der Waals surface area contributed by atoms with Crippen molar-refractivity contribution in [2.24, 2.45) is 5.92 Å². The van der Waals surface area contributed by atoms with Crippen molar-refractivity contribution in [2.45, 2.75) is 31.9 Å². The number of nitrogens with one attached hydrogen (secondary N) is 1. The van der Waals surface area contributed by atoms with Crippen molar-refractivity contribution in [2.75, 3.05) is 32.8 Å². The van der Waals surface area contributed by atoms with E-state index in [0.717, 1.165) is 31.3 Å². The van der Waals surface area contributed by atoms with E-state index in [1.165, 1.54) is 17.7 Å². The SMILES string of the molecule is CC1CCN(C(CNCC(O)COc2ccccc2)c2cccs2)CC1.O=C(O)C(=O)O. The van der Waals surface area contributed by atoms with Gasteiger partial charge >= 0.3 is 11.9 Å². The number of likely N-dealkylation sites (tertiary alicyclic amines) is 1. The van der Waals surface area contributed by atoms with Crippen LogP contribution in [-0.4, -0.2) is 71.0 Å².